The molecule has 2 heterocycles. The van der Waals surface area contributed by atoms with E-state index in [0.717, 1.165) is 27.2 Å². The molecule has 0 radical (unpaired) electrons. The number of hydrogen-bond donors (Lipinski definition) is 1. The smallest absolute Gasteiger partial charge is 0.153 e. The molecule has 5 heteroatoms. The Bertz CT molecular complexity index is 545. The lowest BCUT2D eigenvalue weighted by molar-refractivity contribution is 0.780. The van der Waals surface area contributed by atoms with Gasteiger partial charge in [-0.05, 0) is 54.4 Å². The third-order valence-electron chi connectivity index (χ3n) is 2.72. The van der Waals surface area contributed by atoms with Crippen molar-refractivity contribution >= 4 is 15.9 Å². The Labute approximate surface area is 109 Å². The summed E-state index contributed by atoms with van der Waals surface area (Å²) < 4.78 is 2.84. The third kappa shape index (κ3) is 2.25. The summed E-state index contributed by atoms with van der Waals surface area (Å²) >= 11 is 3.51. The van der Waals surface area contributed by atoms with Crippen LogP contribution in [0.25, 0.3) is 5.82 Å². The van der Waals surface area contributed by atoms with Crippen LogP contribution in [0.2, 0.25) is 0 Å². The fraction of sp³-hybridized carbons (Fsp3) is 0.333. The van der Waals surface area contributed by atoms with E-state index < -0.39 is 0 Å². The van der Waals surface area contributed by atoms with Gasteiger partial charge < -0.3 is 5.73 Å². The number of hydrogen-bond acceptors (Lipinski definition) is 3. The number of pyridine rings is 1. The Hall–Kier alpha value is -1.20. The predicted molar refractivity (Wildman–Crippen MR) is 71.1 cm³/mol. The van der Waals surface area contributed by atoms with Crippen molar-refractivity contribution in [2.45, 2.75) is 26.8 Å². The Morgan fingerprint density at radius 1 is 1.41 bits per heavy atom. The van der Waals surface area contributed by atoms with Crippen molar-refractivity contribution in [2.75, 3.05) is 0 Å². The molecule has 2 rings (SSSR count). The van der Waals surface area contributed by atoms with Gasteiger partial charge in [-0.15, -0.1) is 0 Å². The summed E-state index contributed by atoms with van der Waals surface area (Å²) in [7, 11) is 0. The molecule has 2 aromatic heterocycles. The normalized spacial score (nSPS) is 12.8. The molecule has 4 nitrogen and oxygen atoms in total. The predicted octanol–water partition coefficient (Wildman–Crippen LogP) is 2.67. The van der Waals surface area contributed by atoms with E-state index in [1.165, 1.54) is 0 Å². The standard InChI is InChI=1S/C12H15BrN4/c1-7(14)10-4-5-15-11(6-10)17-9(3)12(13)8(2)16-17/h4-7H,14H2,1-3H3. The van der Waals surface area contributed by atoms with Crippen LogP contribution < -0.4 is 5.73 Å². The summed E-state index contributed by atoms with van der Waals surface area (Å²) in [5.41, 5.74) is 8.91. The number of nitrogens with zero attached hydrogens (tertiary/aromatic N) is 3. The van der Waals surface area contributed by atoms with Crippen molar-refractivity contribution < 1.29 is 0 Å². The van der Waals surface area contributed by atoms with Gasteiger partial charge in [0.1, 0.15) is 0 Å². The molecule has 17 heavy (non-hydrogen) atoms. The molecule has 0 bridgehead atoms. The zero-order valence-electron chi connectivity index (χ0n) is 10.1. The molecule has 0 aromatic carbocycles. The zero-order valence-corrected chi connectivity index (χ0v) is 11.7. The molecular weight excluding hydrogens is 280 g/mol. The monoisotopic (exact) mass is 294 g/mol. The van der Waals surface area contributed by atoms with Crippen LogP contribution >= 0.6 is 15.9 Å². The number of nitrogens with two attached hydrogens (primary N) is 1. The molecule has 2 aromatic rings. The molecule has 1 unspecified atom stereocenters. The molecule has 2 N–H and O–H groups in total. The van der Waals surface area contributed by atoms with E-state index in [9.17, 15) is 0 Å². The summed E-state index contributed by atoms with van der Waals surface area (Å²) in [5.74, 6) is 0.797. The van der Waals surface area contributed by atoms with Crippen LogP contribution in [0.15, 0.2) is 22.8 Å². The minimum absolute atomic E-state index is 0.00263. The Morgan fingerprint density at radius 2 is 2.12 bits per heavy atom. The molecule has 0 spiro atoms. The van der Waals surface area contributed by atoms with Gasteiger partial charge in [-0.3, -0.25) is 0 Å². The first-order chi connectivity index (χ1) is 8.00. The molecular formula is C12H15BrN4. The minimum atomic E-state index is -0.00263. The van der Waals surface area contributed by atoms with Crippen molar-refractivity contribution in [3.8, 4) is 5.82 Å². The van der Waals surface area contributed by atoms with Gasteiger partial charge in [0, 0.05) is 12.2 Å². The van der Waals surface area contributed by atoms with Crippen molar-refractivity contribution in [3.05, 3.63) is 39.8 Å². The van der Waals surface area contributed by atoms with E-state index in [1.54, 1.807) is 6.20 Å². The Balaban J connectivity index is 2.53. The van der Waals surface area contributed by atoms with Gasteiger partial charge in [0.05, 0.1) is 15.9 Å². The van der Waals surface area contributed by atoms with Crippen molar-refractivity contribution in [1.82, 2.24) is 14.8 Å². The molecule has 0 fully saturated rings. The maximum absolute atomic E-state index is 5.87. The maximum Gasteiger partial charge on any atom is 0.153 e. The first kappa shape index (κ1) is 12.3. The fourth-order valence-corrected chi connectivity index (χ4v) is 1.93. The fourth-order valence-electron chi connectivity index (χ4n) is 1.68. The van der Waals surface area contributed by atoms with Gasteiger partial charge in [-0.2, -0.15) is 5.10 Å². The topological polar surface area (TPSA) is 56.7 Å². The van der Waals surface area contributed by atoms with Crippen molar-refractivity contribution in [3.63, 3.8) is 0 Å². The molecule has 0 saturated carbocycles. The maximum atomic E-state index is 5.87. The molecule has 0 aliphatic rings. The highest BCUT2D eigenvalue weighted by Crippen LogP contribution is 2.22. The van der Waals surface area contributed by atoms with E-state index in [-0.39, 0.29) is 6.04 Å². The second kappa shape index (κ2) is 4.58. The van der Waals surface area contributed by atoms with E-state index >= 15 is 0 Å². The molecule has 0 aliphatic carbocycles. The minimum Gasteiger partial charge on any atom is -0.324 e. The van der Waals surface area contributed by atoms with Gasteiger partial charge in [0.15, 0.2) is 5.82 Å². The second-order valence-corrected chi connectivity index (χ2v) is 4.93. The number of aromatic nitrogens is 3. The number of aryl methyl sites for hydroxylation is 1. The van der Waals surface area contributed by atoms with Crippen molar-refractivity contribution in [2.24, 2.45) is 5.73 Å². The van der Waals surface area contributed by atoms with Gasteiger partial charge in [-0.1, -0.05) is 0 Å². The Morgan fingerprint density at radius 3 is 2.65 bits per heavy atom. The van der Waals surface area contributed by atoms with E-state index in [2.05, 4.69) is 26.0 Å². The molecule has 0 saturated heterocycles. The molecule has 0 amide bonds. The SMILES string of the molecule is Cc1nn(-c2cc(C(C)N)ccn2)c(C)c1Br. The number of halogens is 1. The van der Waals surface area contributed by atoms with Gasteiger partial charge >= 0.3 is 0 Å². The van der Waals surface area contributed by atoms with Crippen molar-refractivity contribution in [1.29, 1.82) is 0 Å². The summed E-state index contributed by atoms with van der Waals surface area (Å²) in [5, 5.41) is 4.45. The molecule has 1 atom stereocenters. The largest absolute Gasteiger partial charge is 0.324 e. The highest BCUT2D eigenvalue weighted by Gasteiger charge is 2.11. The van der Waals surface area contributed by atoms with Crippen LogP contribution in [-0.4, -0.2) is 14.8 Å². The lowest BCUT2D eigenvalue weighted by Crippen LogP contribution is -2.08. The van der Waals surface area contributed by atoms with Crippen LogP contribution in [0.1, 0.15) is 29.9 Å². The molecule has 0 aliphatic heterocycles. The zero-order chi connectivity index (χ0) is 12.6. The van der Waals surface area contributed by atoms with Crippen LogP contribution in [0, 0.1) is 13.8 Å². The van der Waals surface area contributed by atoms with Crippen LogP contribution in [0.3, 0.4) is 0 Å². The summed E-state index contributed by atoms with van der Waals surface area (Å²) in [6.45, 7) is 5.92. The van der Waals surface area contributed by atoms with Gasteiger partial charge in [0.25, 0.3) is 0 Å². The van der Waals surface area contributed by atoms with Crippen LogP contribution in [0.4, 0.5) is 0 Å². The van der Waals surface area contributed by atoms with Crippen LogP contribution in [0.5, 0.6) is 0 Å². The average Bonchev–Trinajstić information content (AvgIpc) is 2.57. The first-order valence-corrected chi connectivity index (χ1v) is 6.23. The highest BCUT2D eigenvalue weighted by molar-refractivity contribution is 9.10. The van der Waals surface area contributed by atoms with E-state index in [1.807, 2.05) is 37.6 Å². The Kier molecular flexibility index (Phi) is 3.31. The quantitative estimate of drug-likeness (QED) is 0.926. The summed E-state index contributed by atoms with van der Waals surface area (Å²) in [6.07, 6.45) is 1.76. The highest BCUT2D eigenvalue weighted by atomic mass is 79.9. The molecule has 90 valence electrons. The lowest BCUT2D eigenvalue weighted by atomic mass is 10.1. The first-order valence-electron chi connectivity index (χ1n) is 5.44. The third-order valence-corrected chi connectivity index (χ3v) is 3.86. The second-order valence-electron chi connectivity index (χ2n) is 4.13. The summed E-state index contributed by atoms with van der Waals surface area (Å²) in [6, 6.07) is 3.89. The van der Waals surface area contributed by atoms with Crippen LogP contribution in [-0.2, 0) is 0 Å². The van der Waals surface area contributed by atoms with Gasteiger partial charge in [-0.25, -0.2) is 9.67 Å². The van der Waals surface area contributed by atoms with E-state index in [0.29, 0.717) is 0 Å². The number of rotatable bonds is 2. The average molecular weight is 295 g/mol. The van der Waals surface area contributed by atoms with Gasteiger partial charge in [0.2, 0.25) is 0 Å². The lowest BCUT2D eigenvalue weighted by Gasteiger charge is -2.08. The summed E-state index contributed by atoms with van der Waals surface area (Å²) in [4.78, 5) is 4.33. The van der Waals surface area contributed by atoms with E-state index in [4.69, 9.17) is 5.73 Å².